The molecule has 1 fully saturated rings. The van der Waals surface area contributed by atoms with E-state index in [1.165, 1.54) is 12.1 Å². The fourth-order valence-corrected chi connectivity index (χ4v) is 5.16. The Morgan fingerprint density at radius 1 is 0.974 bits per heavy atom. The van der Waals surface area contributed by atoms with Crippen LogP contribution in [0.15, 0.2) is 72.8 Å². The first-order valence-corrected chi connectivity index (χ1v) is 13.4. The fraction of sp³-hybridized carbons (Fsp3) is 0.333. The molecule has 1 atom stereocenters. The summed E-state index contributed by atoms with van der Waals surface area (Å²) in [6.07, 6.45) is 0.671. The van der Waals surface area contributed by atoms with Crippen molar-refractivity contribution in [1.29, 1.82) is 0 Å². The number of nitro benzene ring substituents is 1. The molecule has 3 aromatic rings. The smallest absolute Gasteiger partial charge is 0.269 e. The summed E-state index contributed by atoms with van der Waals surface area (Å²) < 4.78 is 0. The summed E-state index contributed by atoms with van der Waals surface area (Å²) in [5.74, 6) is 0.511. The van der Waals surface area contributed by atoms with Crippen LogP contribution in [0.4, 0.5) is 17.1 Å². The second-order valence-electron chi connectivity index (χ2n) is 10.4. The predicted octanol–water partition coefficient (Wildman–Crippen LogP) is 5.17. The number of carbonyl (C=O) groups is 2. The third-order valence-electron chi connectivity index (χ3n) is 7.43. The van der Waals surface area contributed by atoms with E-state index >= 15 is 0 Å². The number of carbonyl (C=O) groups excluding carboxylic acids is 2. The van der Waals surface area contributed by atoms with Crippen LogP contribution < -0.4 is 10.2 Å². The van der Waals surface area contributed by atoms with Crippen LogP contribution in [-0.2, 0) is 0 Å². The number of hydrogen-bond acceptors (Lipinski definition) is 6. The van der Waals surface area contributed by atoms with Gasteiger partial charge in [-0.3, -0.25) is 19.7 Å². The van der Waals surface area contributed by atoms with Gasteiger partial charge in [0.25, 0.3) is 17.5 Å². The molecule has 5 rings (SSSR count). The van der Waals surface area contributed by atoms with Crippen LogP contribution in [0.25, 0.3) is 0 Å². The largest absolute Gasteiger partial charge is 0.368 e. The first-order valence-electron chi connectivity index (χ1n) is 13.4. The Bertz CT molecular complexity index is 1350. The molecule has 0 spiro atoms. The minimum absolute atomic E-state index is 0.0233. The summed E-state index contributed by atoms with van der Waals surface area (Å²) in [4.78, 5) is 42.6. The molecule has 1 unspecified atom stereocenters. The molecule has 0 aliphatic carbocycles. The molecule has 9 heteroatoms. The highest BCUT2D eigenvalue weighted by Crippen LogP contribution is 2.35. The molecule has 9 nitrogen and oxygen atoms in total. The molecule has 39 heavy (non-hydrogen) atoms. The number of anilines is 2. The number of nitrogens with one attached hydrogen (secondary N) is 1. The van der Waals surface area contributed by atoms with Crippen molar-refractivity contribution in [2.24, 2.45) is 5.92 Å². The van der Waals surface area contributed by atoms with Crippen molar-refractivity contribution >= 4 is 28.9 Å². The van der Waals surface area contributed by atoms with Crippen LogP contribution in [0.2, 0.25) is 0 Å². The number of fused-ring (bicyclic) bond motifs is 1. The first kappa shape index (κ1) is 26.2. The van der Waals surface area contributed by atoms with E-state index in [1.807, 2.05) is 58.3 Å². The molecule has 2 aliphatic heterocycles. The second kappa shape index (κ2) is 11.1. The minimum Gasteiger partial charge on any atom is -0.368 e. The van der Waals surface area contributed by atoms with E-state index in [2.05, 4.69) is 24.1 Å². The van der Waals surface area contributed by atoms with Gasteiger partial charge in [-0.15, -0.1) is 0 Å². The Hall–Kier alpha value is -4.40. The van der Waals surface area contributed by atoms with Crippen LogP contribution in [0.5, 0.6) is 0 Å². The monoisotopic (exact) mass is 527 g/mol. The van der Waals surface area contributed by atoms with Crippen molar-refractivity contribution in [1.82, 2.24) is 9.80 Å². The van der Waals surface area contributed by atoms with Gasteiger partial charge < -0.3 is 20.0 Å². The van der Waals surface area contributed by atoms with Crippen molar-refractivity contribution in [3.8, 4) is 0 Å². The molecule has 1 N–H and O–H groups in total. The van der Waals surface area contributed by atoms with E-state index in [-0.39, 0.29) is 23.7 Å². The van der Waals surface area contributed by atoms with Gasteiger partial charge in [0.2, 0.25) is 0 Å². The van der Waals surface area contributed by atoms with E-state index in [0.29, 0.717) is 44.2 Å². The third-order valence-corrected chi connectivity index (χ3v) is 7.43. The first-order chi connectivity index (χ1) is 18.8. The number of benzene rings is 3. The van der Waals surface area contributed by atoms with Gasteiger partial charge in [0.05, 0.1) is 4.92 Å². The molecule has 202 valence electrons. The number of amides is 2. The van der Waals surface area contributed by atoms with E-state index < -0.39 is 4.92 Å². The number of piperazine rings is 1. The normalized spacial score (nSPS) is 16.9. The summed E-state index contributed by atoms with van der Waals surface area (Å²) in [5.41, 5.74) is 4.15. The Morgan fingerprint density at radius 2 is 1.64 bits per heavy atom. The highest BCUT2D eigenvalue weighted by Gasteiger charge is 2.36. The zero-order chi connectivity index (χ0) is 27.5. The number of rotatable bonds is 8. The third kappa shape index (κ3) is 5.57. The number of nitrogens with zero attached hydrogens (tertiary/aromatic N) is 4. The van der Waals surface area contributed by atoms with Gasteiger partial charge in [-0.1, -0.05) is 32.0 Å². The van der Waals surface area contributed by atoms with Gasteiger partial charge in [0.15, 0.2) is 0 Å². The highest BCUT2D eigenvalue weighted by atomic mass is 16.6. The predicted molar refractivity (Wildman–Crippen MR) is 151 cm³/mol. The van der Waals surface area contributed by atoms with Gasteiger partial charge in [-0.05, 0) is 54.8 Å². The molecule has 0 radical (unpaired) electrons. The van der Waals surface area contributed by atoms with Crippen molar-refractivity contribution in [3.63, 3.8) is 0 Å². The van der Waals surface area contributed by atoms with Crippen molar-refractivity contribution < 1.29 is 14.5 Å². The summed E-state index contributed by atoms with van der Waals surface area (Å²) in [6.45, 7) is 7.44. The van der Waals surface area contributed by atoms with E-state index in [0.717, 1.165) is 28.9 Å². The average Bonchev–Trinajstić information content (AvgIpc) is 3.22. The lowest BCUT2D eigenvalue weighted by Crippen LogP contribution is -2.48. The SMILES string of the molecule is CC(C)CCN1C(=O)c2ccccc2C1Nc1ccc(C(=O)N2CCN(c3ccc([N+](=O)[O-])cc3)CC2)cc1. The van der Waals surface area contributed by atoms with Gasteiger partial charge in [0, 0.05) is 72.9 Å². The maximum atomic E-state index is 13.2. The molecule has 0 saturated carbocycles. The molecular weight excluding hydrogens is 494 g/mol. The zero-order valence-corrected chi connectivity index (χ0v) is 22.2. The second-order valence-corrected chi connectivity index (χ2v) is 10.4. The Kier molecular flexibility index (Phi) is 7.49. The van der Waals surface area contributed by atoms with Gasteiger partial charge in [-0.25, -0.2) is 0 Å². The van der Waals surface area contributed by atoms with Crippen molar-refractivity contribution in [3.05, 3.63) is 99.6 Å². The molecule has 2 heterocycles. The van der Waals surface area contributed by atoms with Gasteiger partial charge >= 0.3 is 0 Å². The molecule has 1 saturated heterocycles. The van der Waals surface area contributed by atoms with Gasteiger partial charge in [0.1, 0.15) is 6.17 Å². The van der Waals surface area contributed by atoms with Crippen LogP contribution in [0.3, 0.4) is 0 Å². The average molecular weight is 528 g/mol. The Labute approximate surface area is 228 Å². The molecular formula is C30H33N5O4. The van der Waals surface area contributed by atoms with Crippen molar-refractivity contribution in [2.75, 3.05) is 42.9 Å². The van der Waals surface area contributed by atoms with E-state index in [1.54, 1.807) is 12.1 Å². The van der Waals surface area contributed by atoms with Gasteiger partial charge in [-0.2, -0.15) is 0 Å². The molecule has 0 aromatic heterocycles. The fourth-order valence-electron chi connectivity index (χ4n) is 5.16. The standard InChI is InChI=1S/C30H33N5O4/c1-21(2)15-16-34-28(26-5-3-4-6-27(26)30(34)37)31-23-9-7-22(8-10-23)29(36)33-19-17-32(18-20-33)24-11-13-25(14-12-24)35(38)39/h3-14,21,28,31H,15-20H2,1-2H3. The maximum Gasteiger partial charge on any atom is 0.269 e. The quantitative estimate of drug-likeness (QED) is 0.321. The van der Waals surface area contributed by atoms with Crippen LogP contribution in [-0.4, -0.2) is 59.3 Å². The summed E-state index contributed by atoms with van der Waals surface area (Å²) >= 11 is 0. The van der Waals surface area contributed by atoms with Crippen LogP contribution in [0, 0.1) is 16.0 Å². The summed E-state index contributed by atoms with van der Waals surface area (Å²) in [6, 6.07) is 21.7. The minimum atomic E-state index is -0.406. The van der Waals surface area contributed by atoms with E-state index in [4.69, 9.17) is 0 Å². The number of non-ortho nitro benzene ring substituents is 1. The topological polar surface area (TPSA) is 99.0 Å². The number of hydrogen-bond donors (Lipinski definition) is 1. The molecule has 3 aromatic carbocycles. The zero-order valence-electron chi connectivity index (χ0n) is 22.2. The lowest BCUT2D eigenvalue weighted by atomic mass is 10.1. The maximum absolute atomic E-state index is 13.2. The molecule has 2 aliphatic rings. The number of nitro groups is 1. The lowest BCUT2D eigenvalue weighted by Gasteiger charge is -2.36. The summed E-state index contributed by atoms with van der Waals surface area (Å²) in [7, 11) is 0. The molecule has 2 amide bonds. The lowest BCUT2D eigenvalue weighted by molar-refractivity contribution is -0.384. The van der Waals surface area contributed by atoms with Crippen molar-refractivity contribution in [2.45, 2.75) is 26.4 Å². The van der Waals surface area contributed by atoms with E-state index in [9.17, 15) is 19.7 Å². The van der Waals surface area contributed by atoms with Crippen LogP contribution in [0.1, 0.15) is 52.7 Å². The summed E-state index contributed by atoms with van der Waals surface area (Å²) in [5, 5.41) is 14.4. The molecule has 0 bridgehead atoms. The highest BCUT2D eigenvalue weighted by molar-refractivity contribution is 5.99. The Morgan fingerprint density at radius 3 is 2.28 bits per heavy atom. The Balaban J connectivity index is 1.22. The van der Waals surface area contributed by atoms with Crippen LogP contribution >= 0.6 is 0 Å².